The molecule has 0 radical (unpaired) electrons. The minimum Gasteiger partial charge on any atom is -0.478 e. The average Bonchev–Trinajstić information content (AvgIpc) is 2.93. The molecule has 2 aromatic rings. The van der Waals surface area contributed by atoms with Gasteiger partial charge < -0.3 is 19.7 Å². The van der Waals surface area contributed by atoms with Crippen LogP contribution in [0.25, 0.3) is 0 Å². The second-order valence-electron chi connectivity index (χ2n) is 6.29. The standard InChI is InChI=1S/C17H22N2O4/c1-17(2,3)22-11-15-8-14(19-23-15)10-18-9-12-4-6-13(7-5-12)16(20)21/h4-8,18H,9-11H2,1-3H3,(H,20,21). The number of carbonyl (C=O) groups is 1. The van der Waals surface area contributed by atoms with Gasteiger partial charge in [0.1, 0.15) is 6.61 Å². The molecule has 0 spiro atoms. The first-order valence-corrected chi connectivity index (χ1v) is 7.45. The molecule has 0 aliphatic carbocycles. The van der Waals surface area contributed by atoms with E-state index >= 15 is 0 Å². The highest BCUT2D eigenvalue weighted by atomic mass is 16.5. The van der Waals surface area contributed by atoms with Crippen LogP contribution < -0.4 is 5.32 Å². The second-order valence-corrected chi connectivity index (χ2v) is 6.29. The van der Waals surface area contributed by atoms with Crippen LogP contribution in [0.2, 0.25) is 0 Å². The van der Waals surface area contributed by atoms with Gasteiger partial charge in [-0.1, -0.05) is 17.3 Å². The highest BCUT2D eigenvalue weighted by Gasteiger charge is 2.12. The summed E-state index contributed by atoms with van der Waals surface area (Å²) in [7, 11) is 0. The van der Waals surface area contributed by atoms with E-state index in [0.29, 0.717) is 25.5 Å². The van der Waals surface area contributed by atoms with Gasteiger partial charge in [0.05, 0.1) is 16.9 Å². The molecule has 2 rings (SSSR count). The molecule has 1 aromatic heterocycles. The van der Waals surface area contributed by atoms with Crippen LogP contribution in [-0.4, -0.2) is 21.8 Å². The quantitative estimate of drug-likeness (QED) is 0.816. The summed E-state index contributed by atoms with van der Waals surface area (Å²) in [6.07, 6.45) is 0. The zero-order valence-electron chi connectivity index (χ0n) is 13.6. The molecule has 0 unspecified atom stereocenters. The average molecular weight is 318 g/mol. The fourth-order valence-corrected chi connectivity index (χ4v) is 1.89. The number of hydrogen-bond donors (Lipinski definition) is 2. The molecule has 2 N–H and O–H groups in total. The third-order valence-corrected chi connectivity index (χ3v) is 3.09. The summed E-state index contributed by atoms with van der Waals surface area (Å²) in [5, 5.41) is 16.1. The van der Waals surface area contributed by atoms with Crippen molar-refractivity contribution in [3.8, 4) is 0 Å². The zero-order chi connectivity index (χ0) is 16.9. The molecule has 124 valence electrons. The van der Waals surface area contributed by atoms with E-state index < -0.39 is 5.97 Å². The number of benzene rings is 1. The monoisotopic (exact) mass is 318 g/mol. The van der Waals surface area contributed by atoms with Gasteiger partial charge in [0, 0.05) is 19.2 Å². The molecular formula is C17H22N2O4. The molecule has 6 heteroatoms. The number of carboxylic acid groups (broad SMARTS) is 1. The number of nitrogens with zero attached hydrogens (tertiary/aromatic N) is 1. The normalized spacial score (nSPS) is 11.6. The number of nitrogens with one attached hydrogen (secondary N) is 1. The molecule has 0 amide bonds. The van der Waals surface area contributed by atoms with E-state index in [0.717, 1.165) is 11.3 Å². The molecule has 0 saturated heterocycles. The summed E-state index contributed by atoms with van der Waals surface area (Å²) >= 11 is 0. The molecule has 0 saturated carbocycles. The SMILES string of the molecule is CC(C)(C)OCc1cc(CNCc2ccc(C(=O)O)cc2)no1. The van der Waals surface area contributed by atoms with Crippen LogP contribution in [0.3, 0.4) is 0 Å². The molecular weight excluding hydrogens is 296 g/mol. The summed E-state index contributed by atoms with van der Waals surface area (Å²) in [5.74, 6) is -0.223. The molecule has 1 heterocycles. The van der Waals surface area contributed by atoms with E-state index in [1.807, 2.05) is 26.8 Å². The van der Waals surface area contributed by atoms with Crippen molar-refractivity contribution in [2.75, 3.05) is 0 Å². The van der Waals surface area contributed by atoms with E-state index in [-0.39, 0.29) is 11.2 Å². The second kappa shape index (κ2) is 7.39. The molecule has 0 fully saturated rings. The van der Waals surface area contributed by atoms with Crippen molar-refractivity contribution in [1.82, 2.24) is 10.5 Å². The highest BCUT2D eigenvalue weighted by Crippen LogP contribution is 2.12. The maximum Gasteiger partial charge on any atom is 0.335 e. The Hall–Kier alpha value is -2.18. The first kappa shape index (κ1) is 17.2. The summed E-state index contributed by atoms with van der Waals surface area (Å²) in [4.78, 5) is 10.8. The van der Waals surface area contributed by atoms with Crippen molar-refractivity contribution in [2.45, 2.75) is 46.1 Å². The Morgan fingerprint density at radius 3 is 2.57 bits per heavy atom. The van der Waals surface area contributed by atoms with Crippen molar-refractivity contribution in [3.63, 3.8) is 0 Å². The molecule has 0 atom stereocenters. The molecule has 23 heavy (non-hydrogen) atoms. The molecule has 0 aliphatic rings. The molecule has 0 aliphatic heterocycles. The Labute approximate surface area is 135 Å². The fourth-order valence-electron chi connectivity index (χ4n) is 1.89. The first-order valence-electron chi connectivity index (χ1n) is 7.45. The predicted octanol–water partition coefficient (Wildman–Crippen LogP) is 2.98. The van der Waals surface area contributed by atoms with Crippen molar-refractivity contribution in [2.24, 2.45) is 0 Å². The van der Waals surface area contributed by atoms with E-state index in [1.165, 1.54) is 0 Å². The van der Waals surface area contributed by atoms with Crippen LogP contribution in [0.15, 0.2) is 34.9 Å². The summed E-state index contributed by atoms with van der Waals surface area (Å²) in [6, 6.07) is 8.64. The smallest absolute Gasteiger partial charge is 0.335 e. The molecule has 6 nitrogen and oxygen atoms in total. The lowest BCUT2D eigenvalue weighted by molar-refractivity contribution is -0.0241. The lowest BCUT2D eigenvalue weighted by Gasteiger charge is -2.17. The van der Waals surface area contributed by atoms with Crippen molar-refractivity contribution >= 4 is 5.97 Å². The van der Waals surface area contributed by atoms with Gasteiger partial charge in [0.25, 0.3) is 0 Å². The summed E-state index contributed by atoms with van der Waals surface area (Å²) in [6.45, 7) is 7.55. The maximum atomic E-state index is 10.8. The Bertz CT molecular complexity index is 641. The fraction of sp³-hybridized carbons (Fsp3) is 0.412. The largest absolute Gasteiger partial charge is 0.478 e. The Balaban J connectivity index is 1.78. The minimum atomic E-state index is -0.919. The minimum absolute atomic E-state index is 0.215. The molecule has 1 aromatic carbocycles. The van der Waals surface area contributed by atoms with Gasteiger partial charge in [0.2, 0.25) is 0 Å². The van der Waals surface area contributed by atoms with Crippen LogP contribution in [0.4, 0.5) is 0 Å². The topological polar surface area (TPSA) is 84.6 Å². The zero-order valence-corrected chi connectivity index (χ0v) is 13.6. The maximum absolute atomic E-state index is 10.8. The van der Waals surface area contributed by atoms with Crippen molar-refractivity contribution < 1.29 is 19.2 Å². The van der Waals surface area contributed by atoms with E-state index in [9.17, 15) is 4.79 Å². The first-order chi connectivity index (χ1) is 10.8. The number of aromatic nitrogens is 1. The van der Waals surface area contributed by atoms with Crippen LogP contribution in [0, 0.1) is 0 Å². The van der Waals surface area contributed by atoms with Crippen molar-refractivity contribution in [3.05, 3.63) is 52.9 Å². The number of hydrogen-bond acceptors (Lipinski definition) is 5. The Morgan fingerprint density at radius 1 is 1.26 bits per heavy atom. The van der Waals surface area contributed by atoms with Gasteiger partial charge >= 0.3 is 5.97 Å². The Morgan fingerprint density at radius 2 is 1.96 bits per heavy atom. The molecule has 0 bridgehead atoms. The third kappa shape index (κ3) is 5.84. The third-order valence-electron chi connectivity index (χ3n) is 3.09. The van der Waals surface area contributed by atoms with Gasteiger partial charge in [-0.05, 0) is 38.5 Å². The van der Waals surface area contributed by atoms with Gasteiger partial charge in [-0.25, -0.2) is 4.79 Å². The summed E-state index contributed by atoms with van der Waals surface area (Å²) < 4.78 is 10.9. The number of rotatable bonds is 7. The number of ether oxygens (including phenoxy) is 1. The van der Waals surface area contributed by atoms with Gasteiger partial charge in [-0.15, -0.1) is 0 Å². The van der Waals surface area contributed by atoms with Crippen LogP contribution in [0.5, 0.6) is 0 Å². The number of carboxylic acids is 1. The Kier molecular flexibility index (Phi) is 5.52. The van der Waals surface area contributed by atoms with Gasteiger partial charge in [0.15, 0.2) is 5.76 Å². The number of aromatic carboxylic acids is 1. The van der Waals surface area contributed by atoms with Crippen LogP contribution >= 0.6 is 0 Å². The van der Waals surface area contributed by atoms with E-state index in [1.54, 1.807) is 24.3 Å². The van der Waals surface area contributed by atoms with Gasteiger partial charge in [-0.2, -0.15) is 0 Å². The van der Waals surface area contributed by atoms with E-state index in [2.05, 4.69) is 10.5 Å². The van der Waals surface area contributed by atoms with E-state index in [4.69, 9.17) is 14.4 Å². The lowest BCUT2D eigenvalue weighted by atomic mass is 10.1. The van der Waals surface area contributed by atoms with Crippen molar-refractivity contribution in [1.29, 1.82) is 0 Å². The van der Waals surface area contributed by atoms with Crippen LogP contribution in [0.1, 0.15) is 48.1 Å². The predicted molar refractivity (Wildman–Crippen MR) is 85.0 cm³/mol. The lowest BCUT2D eigenvalue weighted by Crippen LogP contribution is -2.18. The summed E-state index contributed by atoms with van der Waals surface area (Å²) in [5.41, 5.74) is 1.89. The van der Waals surface area contributed by atoms with Crippen LogP contribution in [-0.2, 0) is 24.4 Å². The van der Waals surface area contributed by atoms with Gasteiger partial charge in [-0.3, -0.25) is 0 Å². The highest BCUT2D eigenvalue weighted by molar-refractivity contribution is 5.87.